The van der Waals surface area contributed by atoms with Crippen LogP contribution in [0.5, 0.6) is 0 Å². The van der Waals surface area contributed by atoms with E-state index >= 15 is 0 Å². The number of morpholine rings is 1. The lowest BCUT2D eigenvalue weighted by atomic mass is 10.1. The Bertz CT molecular complexity index is 214. The molecule has 4 nitrogen and oxygen atoms in total. The van der Waals surface area contributed by atoms with Gasteiger partial charge in [-0.05, 0) is 26.3 Å². The van der Waals surface area contributed by atoms with E-state index in [1.807, 2.05) is 11.8 Å². The van der Waals surface area contributed by atoms with Gasteiger partial charge in [-0.1, -0.05) is 0 Å². The van der Waals surface area contributed by atoms with Crippen LogP contribution >= 0.6 is 0 Å². The summed E-state index contributed by atoms with van der Waals surface area (Å²) in [6.45, 7) is 5.14. The summed E-state index contributed by atoms with van der Waals surface area (Å²) in [5, 5.41) is 3.24. The highest BCUT2D eigenvalue weighted by Crippen LogP contribution is 2.13. The monoisotopic (exact) mass is 198 g/mol. The molecule has 14 heavy (non-hydrogen) atoms. The maximum absolute atomic E-state index is 12.0. The van der Waals surface area contributed by atoms with Crippen molar-refractivity contribution in [1.82, 2.24) is 10.2 Å². The summed E-state index contributed by atoms with van der Waals surface area (Å²) < 4.78 is 5.31. The molecule has 0 aromatic heterocycles. The zero-order chi connectivity index (χ0) is 9.97. The Kier molecular flexibility index (Phi) is 3.03. The Labute approximate surface area is 84.6 Å². The SMILES string of the molecule is CC1COCCN1C(=O)[C@H]1CCCN1. The first-order valence-corrected chi connectivity index (χ1v) is 5.40. The first-order valence-electron chi connectivity index (χ1n) is 5.40. The fraction of sp³-hybridized carbons (Fsp3) is 0.900. The van der Waals surface area contributed by atoms with Gasteiger partial charge in [0, 0.05) is 6.54 Å². The van der Waals surface area contributed by atoms with Crippen LogP contribution < -0.4 is 5.32 Å². The molecule has 0 aliphatic carbocycles. The standard InChI is InChI=1S/C10H18N2O2/c1-8-7-14-6-5-12(8)10(13)9-3-2-4-11-9/h8-9,11H,2-7H2,1H3/t8?,9-/m1/s1. The molecule has 0 spiro atoms. The summed E-state index contributed by atoms with van der Waals surface area (Å²) in [6, 6.07) is 0.300. The third-order valence-corrected chi connectivity index (χ3v) is 3.01. The van der Waals surface area contributed by atoms with Gasteiger partial charge < -0.3 is 15.0 Å². The van der Waals surface area contributed by atoms with Crippen molar-refractivity contribution in [2.75, 3.05) is 26.3 Å². The highest BCUT2D eigenvalue weighted by molar-refractivity contribution is 5.82. The van der Waals surface area contributed by atoms with Gasteiger partial charge in [0.1, 0.15) is 0 Å². The van der Waals surface area contributed by atoms with Crippen molar-refractivity contribution < 1.29 is 9.53 Å². The molecule has 2 heterocycles. The van der Waals surface area contributed by atoms with Crippen molar-refractivity contribution in [3.63, 3.8) is 0 Å². The maximum atomic E-state index is 12.0. The number of hydrogen-bond donors (Lipinski definition) is 1. The normalized spacial score (nSPS) is 33.4. The van der Waals surface area contributed by atoms with E-state index in [4.69, 9.17) is 4.74 Å². The number of rotatable bonds is 1. The minimum atomic E-state index is 0.0653. The smallest absolute Gasteiger partial charge is 0.240 e. The van der Waals surface area contributed by atoms with Crippen LogP contribution in [0.15, 0.2) is 0 Å². The van der Waals surface area contributed by atoms with Crippen molar-refractivity contribution in [1.29, 1.82) is 0 Å². The quantitative estimate of drug-likeness (QED) is 0.644. The summed E-state index contributed by atoms with van der Waals surface area (Å²) >= 11 is 0. The van der Waals surface area contributed by atoms with Crippen LogP contribution in [0.4, 0.5) is 0 Å². The van der Waals surface area contributed by atoms with E-state index in [1.54, 1.807) is 0 Å². The molecule has 2 aliphatic heterocycles. The summed E-state index contributed by atoms with van der Waals surface area (Å²) in [7, 11) is 0. The molecule has 0 bridgehead atoms. The van der Waals surface area contributed by atoms with E-state index in [9.17, 15) is 4.79 Å². The van der Waals surface area contributed by atoms with Crippen molar-refractivity contribution in [2.24, 2.45) is 0 Å². The summed E-state index contributed by atoms with van der Waals surface area (Å²) in [4.78, 5) is 14.0. The molecule has 2 aliphatic rings. The number of nitrogens with one attached hydrogen (secondary N) is 1. The number of ether oxygens (including phenoxy) is 1. The molecule has 1 N–H and O–H groups in total. The Morgan fingerprint density at radius 3 is 3.07 bits per heavy atom. The molecule has 1 unspecified atom stereocenters. The molecule has 0 saturated carbocycles. The molecular formula is C10H18N2O2. The molecule has 2 fully saturated rings. The molecule has 80 valence electrons. The molecule has 0 aromatic carbocycles. The fourth-order valence-corrected chi connectivity index (χ4v) is 2.15. The van der Waals surface area contributed by atoms with E-state index in [2.05, 4.69) is 5.32 Å². The van der Waals surface area contributed by atoms with E-state index in [0.717, 1.165) is 25.9 Å². The molecule has 0 aromatic rings. The highest BCUT2D eigenvalue weighted by atomic mass is 16.5. The number of carbonyl (C=O) groups is 1. The third-order valence-electron chi connectivity index (χ3n) is 3.01. The van der Waals surface area contributed by atoms with Crippen LogP contribution in [0, 0.1) is 0 Å². The van der Waals surface area contributed by atoms with Crippen LogP contribution in [0.1, 0.15) is 19.8 Å². The van der Waals surface area contributed by atoms with Gasteiger partial charge in [-0.25, -0.2) is 0 Å². The molecule has 0 radical (unpaired) electrons. The zero-order valence-electron chi connectivity index (χ0n) is 8.66. The summed E-state index contributed by atoms with van der Waals surface area (Å²) in [6.07, 6.45) is 2.11. The average molecular weight is 198 g/mol. The van der Waals surface area contributed by atoms with Gasteiger partial charge >= 0.3 is 0 Å². The predicted octanol–water partition coefficient (Wildman–Crippen LogP) is -0.0143. The van der Waals surface area contributed by atoms with E-state index in [0.29, 0.717) is 13.2 Å². The second kappa shape index (κ2) is 4.28. The van der Waals surface area contributed by atoms with Gasteiger partial charge in [-0.15, -0.1) is 0 Å². The average Bonchev–Trinajstić information content (AvgIpc) is 2.70. The second-order valence-corrected chi connectivity index (χ2v) is 4.10. The van der Waals surface area contributed by atoms with Gasteiger partial charge in [0.2, 0.25) is 5.91 Å². The van der Waals surface area contributed by atoms with Gasteiger partial charge in [0.05, 0.1) is 25.3 Å². The van der Waals surface area contributed by atoms with Crippen molar-refractivity contribution in [3.05, 3.63) is 0 Å². The number of hydrogen-bond acceptors (Lipinski definition) is 3. The third kappa shape index (κ3) is 1.91. The lowest BCUT2D eigenvalue weighted by Crippen LogP contribution is -2.52. The fourth-order valence-electron chi connectivity index (χ4n) is 2.15. The van der Waals surface area contributed by atoms with Gasteiger partial charge in [0.25, 0.3) is 0 Å². The first-order chi connectivity index (χ1) is 6.79. The van der Waals surface area contributed by atoms with Crippen LogP contribution in [0.3, 0.4) is 0 Å². The number of amides is 1. The van der Waals surface area contributed by atoms with Crippen LogP contribution in [0.2, 0.25) is 0 Å². The van der Waals surface area contributed by atoms with Crippen LogP contribution in [0.25, 0.3) is 0 Å². The molecule has 4 heteroatoms. The van der Waals surface area contributed by atoms with Gasteiger partial charge in [-0.2, -0.15) is 0 Å². The van der Waals surface area contributed by atoms with Crippen molar-refractivity contribution in [2.45, 2.75) is 31.8 Å². The zero-order valence-corrected chi connectivity index (χ0v) is 8.66. The molecule has 2 saturated heterocycles. The maximum Gasteiger partial charge on any atom is 0.240 e. The second-order valence-electron chi connectivity index (χ2n) is 4.10. The van der Waals surface area contributed by atoms with E-state index < -0.39 is 0 Å². The van der Waals surface area contributed by atoms with E-state index in [1.165, 1.54) is 0 Å². The topological polar surface area (TPSA) is 41.6 Å². The Morgan fingerprint density at radius 1 is 1.57 bits per heavy atom. The largest absolute Gasteiger partial charge is 0.377 e. The Hall–Kier alpha value is -0.610. The van der Waals surface area contributed by atoms with Crippen molar-refractivity contribution in [3.8, 4) is 0 Å². The Morgan fingerprint density at radius 2 is 2.43 bits per heavy atom. The van der Waals surface area contributed by atoms with Gasteiger partial charge in [-0.3, -0.25) is 4.79 Å². The lowest BCUT2D eigenvalue weighted by molar-refractivity contribution is -0.141. The van der Waals surface area contributed by atoms with Crippen LogP contribution in [-0.2, 0) is 9.53 Å². The van der Waals surface area contributed by atoms with E-state index in [-0.39, 0.29) is 18.0 Å². The molecule has 2 atom stereocenters. The molecular weight excluding hydrogens is 180 g/mol. The number of carbonyl (C=O) groups excluding carboxylic acids is 1. The predicted molar refractivity (Wildman–Crippen MR) is 53.0 cm³/mol. The Balaban J connectivity index is 1.94. The van der Waals surface area contributed by atoms with Crippen molar-refractivity contribution >= 4 is 5.91 Å². The lowest BCUT2D eigenvalue weighted by Gasteiger charge is -2.35. The summed E-state index contributed by atoms with van der Waals surface area (Å²) in [5.41, 5.74) is 0. The molecule has 1 amide bonds. The minimum absolute atomic E-state index is 0.0653. The van der Waals surface area contributed by atoms with Gasteiger partial charge in [0.15, 0.2) is 0 Å². The van der Waals surface area contributed by atoms with Crippen LogP contribution in [-0.4, -0.2) is 49.2 Å². The molecule has 2 rings (SSSR count). The summed E-state index contributed by atoms with van der Waals surface area (Å²) in [5.74, 6) is 0.262. The first kappa shape index (κ1) is 9.93. The number of nitrogens with zero attached hydrogens (tertiary/aromatic N) is 1. The minimum Gasteiger partial charge on any atom is -0.377 e. The highest BCUT2D eigenvalue weighted by Gasteiger charge is 2.30.